The fourth-order valence-electron chi connectivity index (χ4n) is 4.09. The summed E-state index contributed by atoms with van der Waals surface area (Å²) >= 11 is 0. The van der Waals surface area contributed by atoms with Gasteiger partial charge in [0.15, 0.2) is 0 Å². The van der Waals surface area contributed by atoms with Gasteiger partial charge in [-0.15, -0.1) is 0 Å². The van der Waals surface area contributed by atoms with E-state index >= 15 is 0 Å². The van der Waals surface area contributed by atoms with Crippen LogP contribution in [0.5, 0.6) is 0 Å². The van der Waals surface area contributed by atoms with Crippen LogP contribution in [0, 0.1) is 17.8 Å². The van der Waals surface area contributed by atoms with E-state index in [-0.39, 0.29) is 0 Å². The van der Waals surface area contributed by atoms with Crippen LogP contribution in [0.15, 0.2) is 0 Å². The Morgan fingerprint density at radius 1 is 1.11 bits per heavy atom. The molecular formula is C15H25NO2. The Balaban J connectivity index is 1.59. The van der Waals surface area contributed by atoms with Crippen molar-refractivity contribution in [2.75, 3.05) is 13.1 Å². The number of carbonyl (C=O) groups is 1. The molecule has 2 aliphatic carbocycles. The summed E-state index contributed by atoms with van der Waals surface area (Å²) in [6.07, 6.45) is 9.98. The van der Waals surface area contributed by atoms with Crippen LogP contribution < -0.4 is 0 Å². The zero-order valence-electron chi connectivity index (χ0n) is 11.2. The van der Waals surface area contributed by atoms with Gasteiger partial charge in [0, 0.05) is 19.0 Å². The molecule has 3 heteroatoms. The first-order valence-electron chi connectivity index (χ1n) is 7.70. The summed E-state index contributed by atoms with van der Waals surface area (Å²) in [7, 11) is 0. The molecule has 0 amide bonds. The van der Waals surface area contributed by atoms with E-state index in [1.165, 1.54) is 38.5 Å². The molecule has 1 aliphatic heterocycles. The number of nitrogens with zero attached hydrogens (tertiary/aromatic N) is 1. The van der Waals surface area contributed by atoms with Crippen LogP contribution in [0.4, 0.5) is 0 Å². The largest absolute Gasteiger partial charge is 0.481 e. The average Bonchev–Trinajstić information content (AvgIpc) is 2.58. The lowest BCUT2D eigenvalue weighted by Gasteiger charge is -2.47. The molecule has 0 spiro atoms. The summed E-state index contributed by atoms with van der Waals surface area (Å²) in [5.41, 5.74) is 0. The second kappa shape index (κ2) is 5.20. The van der Waals surface area contributed by atoms with Crippen molar-refractivity contribution in [1.82, 2.24) is 4.90 Å². The number of carboxylic acids is 1. The molecule has 2 saturated carbocycles. The van der Waals surface area contributed by atoms with Crippen molar-refractivity contribution in [1.29, 1.82) is 0 Å². The van der Waals surface area contributed by atoms with Crippen molar-refractivity contribution in [3.8, 4) is 0 Å². The molecule has 3 aliphatic rings. The Hall–Kier alpha value is -0.570. The number of hydrogen-bond acceptors (Lipinski definition) is 2. The summed E-state index contributed by atoms with van der Waals surface area (Å²) in [5.74, 6) is 1.65. The molecule has 3 fully saturated rings. The van der Waals surface area contributed by atoms with Crippen LogP contribution in [-0.2, 0) is 4.79 Å². The first kappa shape index (κ1) is 12.5. The Bertz CT molecular complexity index is 296. The van der Waals surface area contributed by atoms with Crippen molar-refractivity contribution in [2.45, 2.75) is 57.4 Å². The Kier molecular flexibility index (Phi) is 3.60. The van der Waals surface area contributed by atoms with Crippen LogP contribution in [0.1, 0.15) is 51.4 Å². The fourth-order valence-corrected chi connectivity index (χ4v) is 4.09. The van der Waals surface area contributed by atoms with E-state index in [2.05, 4.69) is 4.90 Å². The summed E-state index contributed by atoms with van der Waals surface area (Å²) in [6.45, 7) is 2.19. The van der Waals surface area contributed by atoms with Gasteiger partial charge in [0.2, 0.25) is 0 Å². The van der Waals surface area contributed by atoms with Crippen LogP contribution in [0.25, 0.3) is 0 Å². The maximum Gasteiger partial charge on any atom is 0.303 e. The van der Waals surface area contributed by atoms with Crippen molar-refractivity contribution in [3.05, 3.63) is 0 Å². The topological polar surface area (TPSA) is 40.5 Å². The van der Waals surface area contributed by atoms with Gasteiger partial charge in [0.25, 0.3) is 0 Å². The van der Waals surface area contributed by atoms with Crippen molar-refractivity contribution in [2.24, 2.45) is 17.8 Å². The summed E-state index contributed by atoms with van der Waals surface area (Å²) in [6, 6.07) is 0.797. The van der Waals surface area contributed by atoms with Gasteiger partial charge in [0.05, 0.1) is 0 Å². The molecule has 0 radical (unpaired) electrons. The number of aliphatic carboxylic acids is 1. The van der Waals surface area contributed by atoms with E-state index < -0.39 is 5.97 Å². The van der Waals surface area contributed by atoms with E-state index in [0.29, 0.717) is 12.3 Å². The lowest BCUT2D eigenvalue weighted by atomic mass is 9.68. The number of likely N-dealkylation sites (tertiary alicyclic amines) is 1. The maximum absolute atomic E-state index is 10.8. The van der Waals surface area contributed by atoms with Crippen molar-refractivity contribution in [3.63, 3.8) is 0 Å². The molecule has 3 nitrogen and oxygen atoms in total. The summed E-state index contributed by atoms with van der Waals surface area (Å²) < 4.78 is 0. The quantitative estimate of drug-likeness (QED) is 0.816. The van der Waals surface area contributed by atoms with E-state index in [1.54, 1.807) is 0 Å². The SMILES string of the molecule is O=C(O)CC1CCN(C(C2CCC2)C2CCC2)C1. The highest BCUT2D eigenvalue weighted by Gasteiger charge is 2.41. The first-order valence-corrected chi connectivity index (χ1v) is 7.70. The molecule has 0 aromatic rings. The second-order valence-corrected chi connectivity index (χ2v) is 6.62. The summed E-state index contributed by atoms with van der Waals surface area (Å²) in [5, 5.41) is 8.91. The van der Waals surface area contributed by atoms with Gasteiger partial charge < -0.3 is 5.11 Å². The van der Waals surface area contributed by atoms with Gasteiger partial charge >= 0.3 is 5.97 Å². The third-order valence-electron chi connectivity index (χ3n) is 5.47. The predicted octanol–water partition coefficient (Wildman–Crippen LogP) is 2.75. The monoisotopic (exact) mass is 251 g/mol. The van der Waals surface area contributed by atoms with Gasteiger partial charge in [-0.2, -0.15) is 0 Å². The van der Waals surface area contributed by atoms with Gasteiger partial charge in [-0.1, -0.05) is 12.8 Å². The van der Waals surface area contributed by atoms with Crippen LogP contribution in [0.3, 0.4) is 0 Å². The van der Waals surface area contributed by atoms with Gasteiger partial charge in [-0.3, -0.25) is 9.69 Å². The average molecular weight is 251 g/mol. The number of carboxylic acid groups (broad SMARTS) is 1. The summed E-state index contributed by atoms with van der Waals surface area (Å²) in [4.78, 5) is 13.5. The second-order valence-electron chi connectivity index (χ2n) is 6.62. The molecule has 0 bridgehead atoms. The molecule has 0 aromatic heterocycles. The highest BCUT2D eigenvalue weighted by atomic mass is 16.4. The fraction of sp³-hybridized carbons (Fsp3) is 0.933. The van der Waals surface area contributed by atoms with E-state index in [9.17, 15) is 4.79 Å². The predicted molar refractivity (Wildman–Crippen MR) is 70.4 cm³/mol. The lowest BCUT2D eigenvalue weighted by molar-refractivity contribution is -0.138. The van der Waals surface area contributed by atoms with Gasteiger partial charge in [-0.05, 0) is 56.4 Å². The standard InChI is InChI=1S/C15H25NO2/c17-14(18)9-11-7-8-16(10-11)15(12-3-1-4-12)13-5-2-6-13/h11-13,15H,1-10H2,(H,17,18). The number of hydrogen-bond donors (Lipinski definition) is 1. The smallest absolute Gasteiger partial charge is 0.303 e. The molecule has 0 aromatic carbocycles. The molecule has 1 N–H and O–H groups in total. The molecule has 1 heterocycles. The molecule has 1 atom stereocenters. The van der Waals surface area contributed by atoms with Crippen molar-refractivity contribution < 1.29 is 9.90 Å². The minimum absolute atomic E-state index is 0.374. The highest BCUT2D eigenvalue weighted by molar-refractivity contribution is 5.67. The lowest BCUT2D eigenvalue weighted by Crippen LogP contribution is -2.48. The molecule has 3 rings (SSSR count). The minimum Gasteiger partial charge on any atom is -0.481 e. The third kappa shape index (κ3) is 2.42. The third-order valence-corrected chi connectivity index (χ3v) is 5.47. The minimum atomic E-state index is -0.620. The molecule has 18 heavy (non-hydrogen) atoms. The molecule has 1 unspecified atom stereocenters. The van der Waals surface area contributed by atoms with Crippen LogP contribution in [-0.4, -0.2) is 35.1 Å². The Labute approximate surface area is 110 Å². The molecular weight excluding hydrogens is 226 g/mol. The van der Waals surface area contributed by atoms with Crippen LogP contribution >= 0.6 is 0 Å². The molecule has 1 saturated heterocycles. The molecule has 102 valence electrons. The van der Waals surface area contributed by atoms with E-state index in [0.717, 1.165) is 37.4 Å². The highest BCUT2D eigenvalue weighted by Crippen LogP contribution is 2.44. The maximum atomic E-state index is 10.8. The Morgan fingerprint density at radius 3 is 2.17 bits per heavy atom. The zero-order chi connectivity index (χ0) is 12.5. The zero-order valence-corrected chi connectivity index (χ0v) is 11.2. The van der Waals surface area contributed by atoms with Crippen LogP contribution in [0.2, 0.25) is 0 Å². The van der Waals surface area contributed by atoms with Gasteiger partial charge in [0.1, 0.15) is 0 Å². The van der Waals surface area contributed by atoms with Gasteiger partial charge in [-0.25, -0.2) is 0 Å². The number of rotatable bonds is 5. The van der Waals surface area contributed by atoms with E-state index in [4.69, 9.17) is 5.11 Å². The van der Waals surface area contributed by atoms with E-state index in [1.807, 2.05) is 0 Å². The Morgan fingerprint density at radius 2 is 1.72 bits per heavy atom. The van der Waals surface area contributed by atoms with Crippen molar-refractivity contribution >= 4 is 5.97 Å². The normalized spacial score (nSPS) is 30.4. The first-order chi connectivity index (χ1) is 8.74.